The lowest BCUT2D eigenvalue weighted by Crippen LogP contribution is -2.37. The molecule has 0 aromatic heterocycles. The molecule has 1 saturated carbocycles. The van der Waals surface area contributed by atoms with Crippen LogP contribution in [0, 0.1) is 40.5 Å². The lowest BCUT2D eigenvalue weighted by Gasteiger charge is -2.27. The van der Waals surface area contributed by atoms with Crippen LogP contribution in [0.3, 0.4) is 0 Å². The quantitative estimate of drug-likeness (QED) is 0.851. The van der Waals surface area contributed by atoms with Crippen molar-refractivity contribution in [1.82, 2.24) is 4.31 Å². The molecular formula is C17H27NO2S. The van der Waals surface area contributed by atoms with E-state index in [2.05, 4.69) is 6.92 Å². The van der Waals surface area contributed by atoms with Crippen LogP contribution in [0.2, 0.25) is 0 Å². The Bertz CT molecular complexity index is 644. The third-order valence-corrected chi connectivity index (χ3v) is 7.67. The Labute approximate surface area is 129 Å². The number of hydrogen-bond acceptors (Lipinski definition) is 2. The Balaban J connectivity index is 2.59. The molecule has 0 amide bonds. The molecular weight excluding hydrogens is 282 g/mol. The van der Waals surface area contributed by atoms with Gasteiger partial charge in [-0.15, -0.1) is 0 Å². The van der Waals surface area contributed by atoms with Gasteiger partial charge >= 0.3 is 0 Å². The van der Waals surface area contributed by atoms with Crippen LogP contribution in [-0.2, 0) is 10.0 Å². The van der Waals surface area contributed by atoms with E-state index in [1.807, 2.05) is 34.6 Å². The summed E-state index contributed by atoms with van der Waals surface area (Å²) in [5.41, 5.74) is 5.16. The third kappa shape index (κ3) is 2.64. The fraction of sp³-hybridized carbons (Fsp3) is 0.647. The van der Waals surface area contributed by atoms with Crippen molar-refractivity contribution in [2.24, 2.45) is 5.92 Å². The zero-order chi connectivity index (χ0) is 16.1. The molecule has 0 spiro atoms. The highest BCUT2D eigenvalue weighted by Crippen LogP contribution is 2.38. The Morgan fingerprint density at radius 2 is 1.29 bits per heavy atom. The molecule has 1 aliphatic carbocycles. The second kappa shape index (κ2) is 5.40. The van der Waals surface area contributed by atoms with Gasteiger partial charge in [0, 0.05) is 13.1 Å². The lowest BCUT2D eigenvalue weighted by molar-refractivity contribution is 0.356. The SMILES string of the molecule is Cc1c(C)c(C)c(S(=O)(=O)N(C)C(C)C2CC2)c(C)c1C. The van der Waals surface area contributed by atoms with Crippen molar-refractivity contribution in [3.05, 3.63) is 27.8 Å². The molecule has 1 aromatic carbocycles. The van der Waals surface area contributed by atoms with Crippen molar-refractivity contribution in [2.75, 3.05) is 7.05 Å². The molecule has 21 heavy (non-hydrogen) atoms. The Morgan fingerprint density at radius 3 is 1.67 bits per heavy atom. The highest BCUT2D eigenvalue weighted by molar-refractivity contribution is 7.89. The molecule has 0 bridgehead atoms. The zero-order valence-corrected chi connectivity index (χ0v) is 15.1. The van der Waals surface area contributed by atoms with Crippen molar-refractivity contribution in [3.8, 4) is 0 Å². The number of benzene rings is 1. The summed E-state index contributed by atoms with van der Waals surface area (Å²) in [6.45, 7) is 12.0. The summed E-state index contributed by atoms with van der Waals surface area (Å²) >= 11 is 0. The van der Waals surface area contributed by atoms with Crippen molar-refractivity contribution >= 4 is 10.0 Å². The van der Waals surface area contributed by atoms with Gasteiger partial charge in [-0.1, -0.05) is 0 Å². The van der Waals surface area contributed by atoms with E-state index < -0.39 is 10.0 Å². The van der Waals surface area contributed by atoms with E-state index in [1.165, 1.54) is 5.56 Å². The molecule has 1 unspecified atom stereocenters. The van der Waals surface area contributed by atoms with Crippen molar-refractivity contribution in [3.63, 3.8) is 0 Å². The van der Waals surface area contributed by atoms with E-state index in [0.29, 0.717) is 10.8 Å². The van der Waals surface area contributed by atoms with Gasteiger partial charge in [0.2, 0.25) is 10.0 Å². The summed E-state index contributed by atoms with van der Waals surface area (Å²) in [6.07, 6.45) is 2.29. The minimum absolute atomic E-state index is 0.0794. The number of nitrogens with zero attached hydrogens (tertiary/aromatic N) is 1. The molecule has 0 aliphatic heterocycles. The molecule has 4 heteroatoms. The van der Waals surface area contributed by atoms with E-state index in [1.54, 1.807) is 11.4 Å². The summed E-state index contributed by atoms with van der Waals surface area (Å²) in [5.74, 6) is 0.526. The minimum atomic E-state index is -3.43. The molecule has 1 fully saturated rings. The maximum atomic E-state index is 13.1. The molecule has 0 N–H and O–H groups in total. The van der Waals surface area contributed by atoms with E-state index >= 15 is 0 Å². The molecule has 1 aromatic rings. The van der Waals surface area contributed by atoms with Gasteiger partial charge in [0.15, 0.2) is 0 Å². The van der Waals surface area contributed by atoms with Crippen LogP contribution in [0.1, 0.15) is 47.6 Å². The zero-order valence-electron chi connectivity index (χ0n) is 14.2. The van der Waals surface area contributed by atoms with Gasteiger partial charge in [-0.25, -0.2) is 8.42 Å². The topological polar surface area (TPSA) is 37.4 Å². The van der Waals surface area contributed by atoms with Crippen molar-refractivity contribution in [2.45, 2.75) is 65.3 Å². The maximum Gasteiger partial charge on any atom is 0.243 e. The van der Waals surface area contributed by atoms with Gasteiger partial charge in [0.05, 0.1) is 4.90 Å². The largest absolute Gasteiger partial charge is 0.243 e. The minimum Gasteiger partial charge on any atom is -0.207 e. The first-order chi connectivity index (χ1) is 9.60. The molecule has 118 valence electrons. The van der Waals surface area contributed by atoms with Gasteiger partial charge in [0.25, 0.3) is 0 Å². The number of hydrogen-bond donors (Lipinski definition) is 0. The normalized spacial score (nSPS) is 17.3. The smallest absolute Gasteiger partial charge is 0.207 e. The summed E-state index contributed by atoms with van der Waals surface area (Å²) in [7, 11) is -1.71. The van der Waals surface area contributed by atoms with Gasteiger partial charge in [-0.05, 0) is 88.1 Å². The highest BCUT2D eigenvalue weighted by Gasteiger charge is 2.37. The third-order valence-electron chi connectivity index (χ3n) is 5.45. The Morgan fingerprint density at radius 1 is 0.905 bits per heavy atom. The first kappa shape index (κ1) is 16.5. The molecule has 3 nitrogen and oxygen atoms in total. The standard InChI is InChI=1S/C17H27NO2S/c1-10-11(2)13(4)17(14(5)12(10)3)21(19,20)18(7)15(6)16-8-9-16/h15-16H,8-9H2,1-7H3. The highest BCUT2D eigenvalue weighted by atomic mass is 32.2. The van der Waals surface area contributed by atoms with E-state index in [-0.39, 0.29) is 6.04 Å². The number of rotatable bonds is 4. The number of sulfonamides is 1. The monoisotopic (exact) mass is 309 g/mol. The second-order valence-corrected chi connectivity index (χ2v) is 8.49. The van der Waals surface area contributed by atoms with Crippen molar-refractivity contribution < 1.29 is 8.42 Å². The van der Waals surface area contributed by atoms with E-state index in [4.69, 9.17) is 0 Å². The van der Waals surface area contributed by atoms with Gasteiger partial charge in [0.1, 0.15) is 0 Å². The molecule has 1 atom stereocenters. The van der Waals surface area contributed by atoms with Gasteiger partial charge in [-0.2, -0.15) is 4.31 Å². The second-order valence-electron chi connectivity index (χ2n) is 6.55. The summed E-state index contributed by atoms with van der Waals surface area (Å²) < 4.78 is 27.8. The summed E-state index contributed by atoms with van der Waals surface area (Å²) in [5, 5.41) is 0. The van der Waals surface area contributed by atoms with Crippen LogP contribution < -0.4 is 0 Å². The van der Waals surface area contributed by atoms with Crippen molar-refractivity contribution in [1.29, 1.82) is 0 Å². The van der Waals surface area contributed by atoms with Crippen LogP contribution in [0.4, 0.5) is 0 Å². The van der Waals surface area contributed by atoms with Gasteiger partial charge < -0.3 is 0 Å². The fourth-order valence-electron chi connectivity index (χ4n) is 3.09. The first-order valence-corrected chi connectivity index (χ1v) is 9.09. The summed E-state index contributed by atoms with van der Waals surface area (Å²) in [6, 6.07) is 0.0794. The van der Waals surface area contributed by atoms with E-state index in [0.717, 1.165) is 35.1 Å². The van der Waals surface area contributed by atoms with Crippen LogP contribution in [0.25, 0.3) is 0 Å². The molecule has 0 radical (unpaired) electrons. The van der Waals surface area contributed by atoms with Crippen LogP contribution in [0.5, 0.6) is 0 Å². The lowest BCUT2D eigenvalue weighted by atomic mass is 9.95. The Hall–Kier alpha value is -0.870. The fourth-order valence-corrected chi connectivity index (χ4v) is 5.07. The molecule has 2 rings (SSSR count). The van der Waals surface area contributed by atoms with Crippen LogP contribution in [-0.4, -0.2) is 25.8 Å². The average Bonchev–Trinajstić information content (AvgIpc) is 3.25. The first-order valence-electron chi connectivity index (χ1n) is 7.65. The summed E-state index contributed by atoms with van der Waals surface area (Å²) in [4.78, 5) is 0.512. The predicted octanol–water partition coefficient (Wildman–Crippen LogP) is 3.65. The molecule has 1 aliphatic rings. The predicted molar refractivity (Wildman–Crippen MR) is 87.3 cm³/mol. The van der Waals surface area contributed by atoms with Crippen LogP contribution in [0.15, 0.2) is 4.90 Å². The Kier molecular flexibility index (Phi) is 4.24. The molecule has 0 saturated heterocycles. The van der Waals surface area contributed by atoms with E-state index in [9.17, 15) is 8.42 Å². The van der Waals surface area contributed by atoms with Gasteiger partial charge in [-0.3, -0.25) is 0 Å². The maximum absolute atomic E-state index is 13.1. The average molecular weight is 309 g/mol. The molecule has 0 heterocycles. The van der Waals surface area contributed by atoms with Crippen LogP contribution >= 0.6 is 0 Å².